The summed E-state index contributed by atoms with van der Waals surface area (Å²) in [5, 5.41) is 3.54. The largest absolute Gasteiger partial charge is 0.316 e. The lowest BCUT2D eigenvalue weighted by Gasteiger charge is -2.32. The van der Waals surface area contributed by atoms with Gasteiger partial charge in [0.25, 0.3) is 0 Å². The number of rotatable bonds is 4. The molecule has 0 spiro atoms. The van der Waals surface area contributed by atoms with E-state index < -0.39 is 0 Å². The molecule has 1 N–H and O–H groups in total. The Kier molecular flexibility index (Phi) is 5.97. The summed E-state index contributed by atoms with van der Waals surface area (Å²) in [7, 11) is 2.37. The van der Waals surface area contributed by atoms with E-state index in [1.54, 1.807) is 0 Å². The van der Waals surface area contributed by atoms with Crippen LogP contribution in [0.5, 0.6) is 0 Å². The maximum absolute atomic E-state index is 3.54. The molecule has 0 aromatic heterocycles. The zero-order valence-electron chi connectivity index (χ0n) is 12.5. The van der Waals surface area contributed by atoms with Gasteiger partial charge in [-0.1, -0.05) is 26.2 Å². The Hall–Kier alpha value is -0.0800. The van der Waals surface area contributed by atoms with Crippen molar-refractivity contribution in [1.29, 1.82) is 0 Å². The first-order chi connectivity index (χ1) is 8.79. The SMILES string of the molecule is CCC1CCCC(N(C)CC2CCCNC2)CC1. The minimum atomic E-state index is 0.864. The van der Waals surface area contributed by atoms with Crippen LogP contribution in [0, 0.1) is 11.8 Å². The van der Waals surface area contributed by atoms with Crippen LogP contribution in [0.4, 0.5) is 0 Å². The van der Waals surface area contributed by atoms with Gasteiger partial charge >= 0.3 is 0 Å². The molecule has 2 fully saturated rings. The lowest BCUT2D eigenvalue weighted by atomic mass is 9.96. The molecular weight excluding hydrogens is 220 g/mol. The smallest absolute Gasteiger partial charge is 0.00924 e. The van der Waals surface area contributed by atoms with Crippen molar-refractivity contribution in [3.63, 3.8) is 0 Å². The van der Waals surface area contributed by atoms with Crippen LogP contribution in [0.15, 0.2) is 0 Å². The molecule has 0 amide bonds. The highest BCUT2D eigenvalue weighted by Gasteiger charge is 2.23. The van der Waals surface area contributed by atoms with Gasteiger partial charge in [-0.15, -0.1) is 0 Å². The van der Waals surface area contributed by atoms with E-state index in [-0.39, 0.29) is 0 Å². The number of nitrogens with one attached hydrogen (secondary N) is 1. The molecule has 0 aromatic rings. The lowest BCUT2D eigenvalue weighted by molar-refractivity contribution is 0.173. The Morgan fingerprint density at radius 3 is 2.56 bits per heavy atom. The second-order valence-corrected chi connectivity index (χ2v) is 6.59. The second-order valence-electron chi connectivity index (χ2n) is 6.59. The molecule has 1 aliphatic carbocycles. The Morgan fingerprint density at radius 2 is 1.83 bits per heavy atom. The van der Waals surface area contributed by atoms with E-state index in [0.717, 1.165) is 17.9 Å². The standard InChI is InChI=1S/C16H32N2/c1-3-14-6-4-8-16(10-9-14)18(2)13-15-7-5-11-17-12-15/h14-17H,3-13H2,1-2H3. The van der Waals surface area contributed by atoms with E-state index in [2.05, 4.69) is 24.2 Å². The van der Waals surface area contributed by atoms with Crippen LogP contribution < -0.4 is 5.32 Å². The summed E-state index contributed by atoms with van der Waals surface area (Å²) in [4.78, 5) is 2.68. The molecule has 0 bridgehead atoms. The third kappa shape index (κ3) is 4.24. The lowest BCUT2D eigenvalue weighted by Crippen LogP contribution is -2.40. The summed E-state index contributed by atoms with van der Waals surface area (Å²) in [5.74, 6) is 1.91. The van der Waals surface area contributed by atoms with Gasteiger partial charge in [0.2, 0.25) is 0 Å². The molecule has 1 heterocycles. The first-order valence-electron chi connectivity index (χ1n) is 8.20. The second kappa shape index (κ2) is 7.49. The van der Waals surface area contributed by atoms with Crippen LogP contribution >= 0.6 is 0 Å². The molecule has 3 unspecified atom stereocenters. The third-order valence-electron chi connectivity index (χ3n) is 5.20. The van der Waals surface area contributed by atoms with E-state index in [0.29, 0.717) is 0 Å². The van der Waals surface area contributed by atoms with Crippen molar-refractivity contribution in [3.8, 4) is 0 Å². The molecule has 1 saturated heterocycles. The summed E-state index contributed by atoms with van der Waals surface area (Å²) in [6.45, 7) is 6.16. The predicted octanol–water partition coefficient (Wildman–Crippen LogP) is 3.28. The third-order valence-corrected chi connectivity index (χ3v) is 5.20. The Labute approximate surface area is 114 Å². The summed E-state index contributed by atoms with van der Waals surface area (Å²) in [5.41, 5.74) is 0. The normalized spacial score (nSPS) is 34.5. The van der Waals surface area contributed by atoms with Gasteiger partial charge in [-0.05, 0) is 64.1 Å². The minimum Gasteiger partial charge on any atom is -0.316 e. The molecule has 18 heavy (non-hydrogen) atoms. The number of hydrogen-bond donors (Lipinski definition) is 1. The van der Waals surface area contributed by atoms with Crippen molar-refractivity contribution in [2.24, 2.45) is 11.8 Å². The summed E-state index contributed by atoms with van der Waals surface area (Å²) < 4.78 is 0. The zero-order chi connectivity index (χ0) is 12.8. The molecule has 0 aromatic carbocycles. The van der Waals surface area contributed by atoms with Crippen LogP contribution in [0.3, 0.4) is 0 Å². The maximum Gasteiger partial charge on any atom is 0.00924 e. The molecular formula is C16H32N2. The maximum atomic E-state index is 3.54. The van der Waals surface area contributed by atoms with Gasteiger partial charge in [0.1, 0.15) is 0 Å². The van der Waals surface area contributed by atoms with Gasteiger partial charge in [-0.3, -0.25) is 0 Å². The Balaban J connectivity index is 1.75. The number of nitrogens with zero attached hydrogens (tertiary/aromatic N) is 1. The quantitative estimate of drug-likeness (QED) is 0.773. The highest BCUT2D eigenvalue weighted by molar-refractivity contribution is 4.79. The van der Waals surface area contributed by atoms with Crippen molar-refractivity contribution >= 4 is 0 Å². The fourth-order valence-corrected chi connectivity index (χ4v) is 3.84. The van der Waals surface area contributed by atoms with Gasteiger partial charge in [-0.2, -0.15) is 0 Å². The molecule has 1 saturated carbocycles. The van der Waals surface area contributed by atoms with Crippen molar-refractivity contribution < 1.29 is 0 Å². The van der Waals surface area contributed by atoms with E-state index in [1.807, 2.05) is 0 Å². The van der Waals surface area contributed by atoms with Gasteiger partial charge in [0.05, 0.1) is 0 Å². The van der Waals surface area contributed by atoms with E-state index in [1.165, 1.54) is 71.0 Å². The van der Waals surface area contributed by atoms with Gasteiger partial charge in [0.15, 0.2) is 0 Å². The fraction of sp³-hybridized carbons (Fsp3) is 1.00. The summed E-state index contributed by atoms with van der Waals surface area (Å²) in [6.07, 6.45) is 11.5. The van der Waals surface area contributed by atoms with Crippen LogP contribution in [0.1, 0.15) is 58.3 Å². The molecule has 0 radical (unpaired) electrons. The predicted molar refractivity (Wildman–Crippen MR) is 78.9 cm³/mol. The molecule has 2 heteroatoms. The van der Waals surface area contributed by atoms with E-state index >= 15 is 0 Å². The molecule has 106 valence electrons. The average molecular weight is 252 g/mol. The van der Waals surface area contributed by atoms with Crippen molar-refractivity contribution in [2.45, 2.75) is 64.3 Å². The van der Waals surface area contributed by atoms with Crippen LogP contribution in [-0.4, -0.2) is 37.6 Å². The van der Waals surface area contributed by atoms with E-state index in [4.69, 9.17) is 0 Å². The summed E-state index contributed by atoms with van der Waals surface area (Å²) in [6, 6.07) is 0.864. The van der Waals surface area contributed by atoms with Gasteiger partial charge in [-0.25, -0.2) is 0 Å². The molecule has 2 aliphatic rings. The number of hydrogen-bond acceptors (Lipinski definition) is 2. The molecule has 2 nitrogen and oxygen atoms in total. The molecule has 3 atom stereocenters. The van der Waals surface area contributed by atoms with Crippen molar-refractivity contribution in [1.82, 2.24) is 10.2 Å². The fourth-order valence-electron chi connectivity index (χ4n) is 3.84. The Bertz CT molecular complexity index is 223. The minimum absolute atomic E-state index is 0.864. The van der Waals surface area contributed by atoms with Crippen LogP contribution in [0.2, 0.25) is 0 Å². The average Bonchev–Trinajstić information content (AvgIpc) is 2.65. The molecule has 1 aliphatic heterocycles. The Morgan fingerprint density at radius 1 is 1.00 bits per heavy atom. The van der Waals surface area contributed by atoms with Crippen LogP contribution in [0.25, 0.3) is 0 Å². The first-order valence-corrected chi connectivity index (χ1v) is 8.20. The van der Waals surface area contributed by atoms with Crippen molar-refractivity contribution in [3.05, 3.63) is 0 Å². The van der Waals surface area contributed by atoms with Gasteiger partial charge in [0, 0.05) is 12.6 Å². The summed E-state index contributed by atoms with van der Waals surface area (Å²) >= 11 is 0. The van der Waals surface area contributed by atoms with Crippen LogP contribution in [-0.2, 0) is 0 Å². The van der Waals surface area contributed by atoms with Gasteiger partial charge < -0.3 is 10.2 Å². The zero-order valence-corrected chi connectivity index (χ0v) is 12.5. The van der Waals surface area contributed by atoms with Crippen molar-refractivity contribution in [2.75, 3.05) is 26.7 Å². The highest BCUT2D eigenvalue weighted by atomic mass is 15.1. The first kappa shape index (κ1) is 14.3. The topological polar surface area (TPSA) is 15.3 Å². The number of piperidine rings is 1. The monoisotopic (exact) mass is 252 g/mol. The highest BCUT2D eigenvalue weighted by Crippen LogP contribution is 2.28. The molecule has 2 rings (SSSR count). The van der Waals surface area contributed by atoms with E-state index in [9.17, 15) is 0 Å².